The van der Waals surface area contributed by atoms with Gasteiger partial charge in [-0.1, -0.05) is 47.9 Å². The summed E-state index contributed by atoms with van der Waals surface area (Å²) in [6.45, 7) is 1.52. The van der Waals surface area contributed by atoms with Gasteiger partial charge in [0.2, 0.25) is 0 Å². The smallest absolute Gasteiger partial charge is 0.198 e. The number of ketones is 2. The van der Waals surface area contributed by atoms with E-state index < -0.39 is 46.8 Å². The number of carbonyl (C=O) groups excluding carboxylic acids is 2. The maximum atomic E-state index is 13.6. The second-order valence-electron chi connectivity index (χ2n) is 8.47. The first-order valence-electron chi connectivity index (χ1n) is 10.4. The Morgan fingerprint density at radius 2 is 1.70 bits per heavy atom. The standard InChI is InChI=1S/C26H17NO6/c1-13(28)25-18-10-4-2-3-5-11-19(30)26(25,33-25)16-12-17(29)20-21(22(16)27-18)24(32)15-9-7-6-8-14(15)23(20)31/h2-3,6-9,12-13,18-19,27-30H,1H3/b3-2+/t13-,18-,19+,25-,26-/m0/s1. The van der Waals surface area contributed by atoms with E-state index in [0.717, 1.165) is 0 Å². The molecule has 0 spiro atoms. The molecule has 0 radical (unpaired) electrons. The van der Waals surface area contributed by atoms with Gasteiger partial charge in [0.05, 0.1) is 22.9 Å². The Kier molecular flexibility index (Phi) is 3.80. The molecule has 5 atom stereocenters. The van der Waals surface area contributed by atoms with Crippen LogP contribution in [0.1, 0.15) is 44.3 Å². The molecule has 1 saturated heterocycles. The Morgan fingerprint density at radius 3 is 2.36 bits per heavy atom. The summed E-state index contributed by atoms with van der Waals surface area (Å²) in [6, 6.07) is 6.88. The number of carbonyl (C=O) groups is 2. The van der Waals surface area contributed by atoms with Crippen LogP contribution in [0.15, 0.2) is 42.5 Å². The molecule has 4 aliphatic rings. The molecule has 7 nitrogen and oxygen atoms in total. The summed E-state index contributed by atoms with van der Waals surface area (Å²) in [6.07, 6.45) is 0.511. The molecule has 4 N–H and O–H groups in total. The van der Waals surface area contributed by atoms with Gasteiger partial charge in [-0.2, -0.15) is 0 Å². The van der Waals surface area contributed by atoms with Crippen molar-refractivity contribution in [3.8, 4) is 29.4 Å². The lowest BCUT2D eigenvalue weighted by Crippen LogP contribution is -2.54. The number of aromatic hydroxyl groups is 1. The summed E-state index contributed by atoms with van der Waals surface area (Å²) in [5.74, 6) is 9.90. The van der Waals surface area contributed by atoms with E-state index in [-0.39, 0.29) is 33.5 Å². The number of hydrogen-bond donors (Lipinski definition) is 4. The minimum absolute atomic E-state index is 0.0117. The van der Waals surface area contributed by atoms with E-state index in [1.807, 2.05) is 0 Å². The van der Waals surface area contributed by atoms with Crippen molar-refractivity contribution in [1.82, 2.24) is 0 Å². The lowest BCUT2D eigenvalue weighted by Gasteiger charge is -2.37. The number of rotatable bonds is 1. The van der Waals surface area contributed by atoms with E-state index in [1.54, 1.807) is 24.3 Å². The summed E-state index contributed by atoms with van der Waals surface area (Å²) in [7, 11) is 0. The SMILES string of the molecule is C[C@H](O)[C@@]12O[C@]13c1cc(O)c4c(c1N[C@H]2C#C/C=C/C#C[C@H]3O)C(=O)c1ccccc1C4=O. The van der Waals surface area contributed by atoms with Gasteiger partial charge >= 0.3 is 0 Å². The number of aliphatic hydroxyl groups excluding tert-OH is 2. The highest BCUT2D eigenvalue weighted by atomic mass is 16.7. The third kappa shape index (κ3) is 2.21. The molecule has 0 unspecified atom stereocenters. The van der Waals surface area contributed by atoms with Crippen molar-refractivity contribution in [2.45, 2.75) is 36.4 Å². The third-order valence-corrected chi connectivity index (χ3v) is 6.87. The number of benzene rings is 2. The monoisotopic (exact) mass is 439 g/mol. The van der Waals surface area contributed by atoms with Gasteiger partial charge in [-0.15, -0.1) is 0 Å². The molecule has 2 aliphatic carbocycles. The number of nitrogens with one attached hydrogen (secondary N) is 1. The van der Waals surface area contributed by atoms with Gasteiger partial charge in [0.25, 0.3) is 0 Å². The molecule has 0 saturated carbocycles. The lowest BCUT2D eigenvalue weighted by molar-refractivity contribution is 0.0867. The summed E-state index contributed by atoms with van der Waals surface area (Å²) in [5.41, 5.74) is -2.18. The molecule has 7 heteroatoms. The van der Waals surface area contributed by atoms with E-state index in [2.05, 4.69) is 29.0 Å². The van der Waals surface area contributed by atoms with Gasteiger partial charge in [0, 0.05) is 16.7 Å². The fourth-order valence-electron chi connectivity index (χ4n) is 5.39. The average Bonchev–Trinajstić information content (AvgIpc) is 3.53. The summed E-state index contributed by atoms with van der Waals surface area (Å²) in [4.78, 5) is 26.8. The minimum Gasteiger partial charge on any atom is -0.507 e. The predicted octanol–water partition coefficient (Wildman–Crippen LogP) is 1.24. The van der Waals surface area contributed by atoms with Crippen molar-refractivity contribution in [2.75, 3.05) is 5.32 Å². The van der Waals surface area contributed by atoms with E-state index in [4.69, 9.17) is 4.74 Å². The van der Waals surface area contributed by atoms with Crippen LogP contribution in [0, 0.1) is 23.7 Å². The zero-order valence-corrected chi connectivity index (χ0v) is 17.3. The van der Waals surface area contributed by atoms with Crippen LogP contribution in [-0.4, -0.2) is 50.7 Å². The molecule has 162 valence electrons. The van der Waals surface area contributed by atoms with Crippen molar-refractivity contribution >= 4 is 17.3 Å². The number of phenols is 1. The highest BCUT2D eigenvalue weighted by Crippen LogP contribution is 2.67. The van der Waals surface area contributed by atoms with Crippen LogP contribution >= 0.6 is 0 Å². The van der Waals surface area contributed by atoms with Crippen LogP contribution in [0.25, 0.3) is 0 Å². The van der Waals surface area contributed by atoms with Crippen molar-refractivity contribution in [2.24, 2.45) is 0 Å². The fourth-order valence-corrected chi connectivity index (χ4v) is 5.39. The first-order chi connectivity index (χ1) is 15.8. The van der Waals surface area contributed by atoms with E-state index in [9.17, 15) is 24.9 Å². The van der Waals surface area contributed by atoms with Gasteiger partial charge < -0.3 is 25.4 Å². The molecule has 2 bridgehead atoms. The topological polar surface area (TPSA) is 119 Å². The summed E-state index contributed by atoms with van der Waals surface area (Å²) >= 11 is 0. The van der Waals surface area contributed by atoms with Gasteiger partial charge in [-0.05, 0) is 25.1 Å². The van der Waals surface area contributed by atoms with Crippen LogP contribution in [0.5, 0.6) is 5.75 Å². The first-order valence-corrected chi connectivity index (χ1v) is 10.4. The average molecular weight is 439 g/mol. The number of epoxide rings is 1. The minimum atomic E-state index is -1.56. The highest BCUT2D eigenvalue weighted by molar-refractivity contribution is 6.31. The normalized spacial score (nSPS) is 31.6. The Bertz CT molecular complexity index is 1450. The lowest BCUT2D eigenvalue weighted by atomic mass is 9.69. The maximum Gasteiger partial charge on any atom is 0.198 e. The third-order valence-electron chi connectivity index (χ3n) is 6.87. The number of phenolic OH excluding ortho intramolecular Hbond substituents is 1. The van der Waals surface area contributed by atoms with Gasteiger partial charge in [-0.3, -0.25) is 9.59 Å². The number of allylic oxidation sites excluding steroid dienone is 2. The Morgan fingerprint density at radius 1 is 1.06 bits per heavy atom. The number of aliphatic hydroxyl groups is 2. The quantitative estimate of drug-likeness (QED) is 0.256. The predicted molar refractivity (Wildman–Crippen MR) is 117 cm³/mol. The van der Waals surface area contributed by atoms with Crippen molar-refractivity contribution < 1.29 is 29.6 Å². The largest absolute Gasteiger partial charge is 0.507 e. The Labute approximate surface area is 188 Å². The molecule has 0 amide bonds. The Balaban J connectivity index is 1.69. The van der Waals surface area contributed by atoms with E-state index in [1.165, 1.54) is 25.1 Å². The molecule has 1 fully saturated rings. The molecular weight excluding hydrogens is 422 g/mol. The first kappa shape index (κ1) is 19.8. The molecule has 2 aromatic carbocycles. The zero-order valence-electron chi connectivity index (χ0n) is 17.3. The van der Waals surface area contributed by atoms with Crippen LogP contribution in [0.2, 0.25) is 0 Å². The van der Waals surface area contributed by atoms with Crippen LogP contribution in [-0.2, 0) is 10.3 Å². The highest BCUT2D eigenvalue weighted by Gasteiger charge is 2.82. The van der Waals surface area contributed by atoms with Crippen LogP contribution < -0.4 is 5.32 Å². The number of hydrogen-bond acceptors (Lipinski definition) is 7. The zero-order chi connectivity index (χ0) is 23.1. The van der Waals surface area contributed by atoms with Crippen LogP contribution in [0.4, 0.5) is 5.69 Å². The van der Waals surface area contributed by atoms with Gasteiger partial charge in [0.15, 0.2) is 28.9 Å². The Hall–Kier alpha value is -3.88. The van der Waals surface area contributed by atoms with Gasteiger partial charge in [0.1, 0.15) is 11.8 Å². The molecule has 2 aliphatic heterocycles. The number of fused-ring (bicyclic) bond motifs is 4. The van der Waals surface area contributed by atoms with Crippen molar-refractivity contribution in [1.29, 1.82) is 0 Å². The fraction of sp³-hybridized carbons (Fsp3) is 0.231. The molecule has 0 aromatic heterocycles. The van der Waals surface area contributed by atoms with E-state index >= 15 is 0 Å². The second-order valence-corrected chi connectivity index (χ2v) is 8.47. The number of ether oxygens (including phenoxy) is 1. The molecule has 6 rings (SSSR count). The van der Waals surface area contributed by atoms with Crippen molar-refractivity contribution in [3.05, 3.63) is 70.3 Å². The second kappa shape index (κ2) is 6.34. The molecule has 33 heavy (non-hydrogen) atoms. The van der Waals surface area contributed by atoms with Gasteiger partial charge in [-0.25, -0.2) is 0 Å². The maximum absolute atomic E-state index is 13.6. The molecular formula is C26H17NO6. The summed E-state index contributed by atoms with van der Waals surface area (Å²) in [5, 5.41) is 36.0. The summed E-state index contributed by atoms with van der Waals surface area (Å²) < 4.78 is 6.12. The molecule has 2 aromatic rings. The van der Waals surface area contributed by atoms with Crippen molar-refractivity contribution in [3.63, 3.8) is 0 Å². The van der Waals surface area contributed by atoms with Crippen LogP contribution in [0.3, 0.4) is 0 Å². The van der Waals surface area contributed by atoms with E-state index in [0.29, 0.717) is 0 Å². The number of anilines is 1. The molecule has 2 heterocycles.